The lowest BCUT2D eigenvalue weighted by atomic mass is 9.92. The number of aromatic nitrogens is 1. The molecule has 4 rings (SSSR count). The third-order valence-corrected chi connectivity index (χ3v) is 5.62. The summed E-state index contributed by atoms with van der Waals surface area (Å²) in [5.41, 5.74) is 3.90. The fourth-order valence-corrected chi connectivity index (χ4v) is 4.08. The lowest BCUT2D eigenvalue weighted by Gasteiger charge is -2.16. The van der Waals surface area contributed by atoms with Crippen molar-refractivity contribution in [1.82, 2.24) is 4.98 Å². The van der Waals surface area contributed by atoms with Crippen molar-refractivity contribution in [3.05, 3.63) is 83.7 Å². The molecule has 0 saturated carbocycles. The number of hydrogen-bond acceptors (Lipinski definition) is 4. The Balaban J connectivity index is 0.000000178. The maximum absolute atomic E-state index is 10.5. The molecule has 4 nitrogen and oxygen atoms in total. The number of aryl methyl sites for hydroxylation is 2. The zero-order chi connectivity index (χ0) is 19.8. The van der Waals surface area contributed by atoms with Gasteiger partial charge in [-0.25, -0.2) is 4.79 Å². The van der Waals surface area contributed by atoms with Gasteiger partial charge in [-0.15, -0.1) is 0 Å². The molecule has 2 N–H and O–H groups in total. The number of hydrogen-bond donors (Lipinski definition) is 2. The molecule has 2 aromatic carbocycles. The summed E-state index contributed by atoms with van der Waals surface area (Å²) in [6.45, 7) is 0. The number of nitrogens with zero attached hydrogens (tertiary/aromatic N) is 1. The molecule has 0 unspecified atom stereocenters. The Labute approximate surface area is 170 Å². The zero-order valence-corrected chi connectivity index (χ0v) is 16.7. The second kappa shape index (κ2) is 9.95. The van der Waals surface area contributed by atoms with E-state index in [4.69, 9.17) is 5.11 Å². The van der Waals surface area contributed by atoms with Gasteiger partial charge < -0.3 is 10.4 Å². The average molecular weight is 393 g/mol. The standard InChI is InChI=1S/C16H16S.C7H8N2O2/c1-2-8-15(9-3-1)17-16-11-10-13-6-4-5-7-14(13)12-16;1-8-6-4-9-3-2-5(6)7(10)11/h1-3,8-12H,4-7H2;2-4,8H,1H3,(H,10,11). The van der Waals surface area contributed by atoms with Gasteiger partial charge >= 0.3 is 5.97 Å². The van der Waals surface area contributed by atoms with Crippen LogP contribution in [0.2, 0.25) is 0 Å². The van der Waals surface area contributed by atoms with Crippen LogP contribution in [0.15, 0.2) is 76.8 Å². The van der Waals surface area contributed by atoms with E-state index in [-0.39, 0.29) is 5.56 Å². The molecular formula is C23H24N2O2S. The Hall–Kier alpha value is -2.79. The van der Waals surface area contributed by atoms with Gasteiger partial charge in [0.15, 0.2) is 0 Å². The molecule has 0 spiro atoms. The normalized spacial score (nSPS) is 12.3. The van der Waals surface area contributed by atoms with Crippen molar-refractivity contribution in [2.24, 2.45) is 0 Å². The molecule has 1 aliphatic carbocycles. The van der Waals surface area contributed by atoms with E-state index in [1.54, 1.807) is 18.2 Å². The molecule has 0 amide bonds. The quantitative estimate of drug-likeness (QED) is 0.610. The fraction of sp³-hybridized carbons (Fsp3) is 0.217. The highest BCUT2D eigenvalue weighted by Crippen LogP contribution is 2.31. The van der Waals surface area contributed by atoms with Gasteiger partial charge in [0.1, 0.15) is 0 Å². The van der Waals surface area contributed by atoms with E-state index >= 15 is 0 Å². The number of carboxylic acids is 1. The summed E-state index contributed by atoms with van der Waals surface area (Å²) < 4.78 is 0. The van der Waals surface area contributed by atoms with Crippen LogP contribution in [-0.4, -0.2) is 23.1 Å². The SMILES string of the molecule is CNc1cnccc1C(=O)O.c1ccc(Sc2ccc3c(c2)CCCC3)cc1. The highest BCUT2D eigenvalue weighted by Gasteiger charge is 2.09. The summed E-state index contributed by atoms with van der Waals surface area (Å²) in [6.07, 6.45) is 8.17. The predicted octanol–water partition coefficient (Wildman–Crippen LogP) is 5.54. The molecule has 0 bridgehead atoms. The number of fused-ring (bicyclic) bond motifs is 1. The van der Waals surface area contributed by atoms with Crippen molar-refractivity contribution < 1.29 is 9.90 Å². The number of pyridine rings is 1. The second-order valence-electron chi connectivity index (χ2n) is 6.53. The summed E-state index contributed by atoms with van der Waals surface area (Å²) in [5.74, 6) is -0.947. The van der Waals surface area contributed by atoms with Crippen LogP contribution in [-0.2, 0) is 12.8 Å². The second-order valence-corrected chi connectivity index (χ2v) is 7.68. The van der Waals surface area contributed by atoms with Gasteiger partial charge in [0.05, 0.1) is 17.4 Å². The number of carboxylic acid groups (broad SMARTS) is 1. The number of benzene rings is 2. The molecule has 144 valence electrons. The Morgan fingerprint density at radius 2 is 1.75 bits per heavy atom. The van der Waals surface area contributed by atoms with Gasteiger partial charge in [0, 0.05) is 23.0 Å². The minimum atomic E-state index is -0.947. The summed E-state index contributed by atoms with van der Waals surface area (Å²) in [6, 6.07) is 19.0. The van der Waals surface area contributed by atoms with E-state index < -0.39 is 5.97 Å². The molecule has 0 saturated heterocycles. The van der Waals surface area contributed by atoms with Crippen LogP contribution in [0.5, 0.6) is 0 Å². The monoisotopic (exact) mass is 392 g/mol. The van der Waals surface area contributed by atoms with Crippen LogP contribution < -0.4 is 5.32 Å². The molecule has 1 aromatic heterocycles. The van der Waals surface area contributed by atoms with Crippen LogP contribution >= 0.6 is 11.8 Å². The highest BCUT2D eigenvalue weighted by atomic mass is 32.2. The van der Waals surface area contributed by atoms with E-state index in [0.717, 1.165) is 0 Å². The number of rotatable bonds is 4. The van der Waals surface area contributed by atoms with E-state index in [1.165, 1.54) is 53.9 Å². The van der Waals surface area contributed by atoms with Gasteiger partial charge in [-0.1, -0.05) is 36.0 Å². The largest absolute Gasteiger partial charge is 0.478 e. The van der Waals surface area contributed by atoms with Crippen LogP contribution in [0.1, 0.15) is 34.3 Å². The molecular weight excluding hydrogens is 368 g/mol. The lowest BCUT2D eigenvalue weighted by molar-refractivity contribution is 0.0698. The van der Waals surface area contributed by atoms with E-state index in [9.17, 15) is 4.79 Å². The molecule has 1 heterocycles. The van der Waals surface area contributed by atoms with Gasteiger partial charge in [0.25, 0.3) is 0 Å². The lowest BCUT2D eigenvalue weighted by Crippen LogP contribution is -2.02. The van der Waals surface area contributed by atoms with Crippen LogP contribution in [0.4, 0.5) is 5.69 Å². The van der Waals surface area contributed by atoms with E-state index in [0.29, 0.717) is 5.69 Å². The third kappa shape index (κ3) is 5.36. The predicted molar refractivity (Wildman–Crippen MR) is 114 cm³/mol. The van der Waals surface area contributed by atoms with Gasteiger partial charge in [0.2, 0.25) is 0 Å². The Kier molecular flexibility index (Phi) is 7.09. The minimum Gasteiger partial charge on any atom is -0.478 e. The van der Waals surface area contributed by atoms with Crippen molar-refractivity contribution in [1.29, 1.82) is 0 Å². The first-order chi connectivity index (χ1) is 13.7. The molecule has 1 aliphatic rings. The van der Waals surface area contributed by atoms with Gasteiger partial charge in [-0.05, 0) is 67.1 Å². The van der Waals surface area contributed by atoms with E-state index in [1.807, 2.05) is 11.8 Å². The van der Waals surface area contributed by atoms with Crippen molar-refractivity contribution in [3.8, 4) is 0 Å². The Morgan fingerprint density at radius 3 is 2.43 bits per heavy atom. The number of carbonyl (C=O) groups is 1. The number of anilines is 1. The van der Waals surface area contributed by atoms with Crippen LogP contribution in [0.3, 0.4) is 0 Å². The number of nitrogens with one attached hydrogen (secondary N) is 1. The van der Waals surface area contributed by atoms with Gasteiger partial charge in [-0.3, -0.25) is 4.98 Å². The molecule has 3 aromatic rings. The molecule has 5 heteroatoms. The minimum absolute atomic E-state index is 0.238. The smallest absolute Gasteiger partial charge is 0.337 e. The van der Waals surface area contributed by atoms with Crippen LogP contribution in [0.25, 0.3) is 0 Å². The van der Waals surface area contributed by atoms with Crippen molar-refractivity contribution in [2.75, 3.05) is 12.4 Å². The average Bonchev–Trinajstić information content (AvgIpc) is 2.75. The molecule has 0 fully saturated rings. The van der Waals surface area contributed by atoms with Crippen molar-refractivity contribution >= 4 is 23.4 Å². The molecule has 0 atom stereocenters. The first kappa shape index (κ1) is 20.0. The zero-order valence-electron chi connectivity index (χ0n) is 15.9. The summed E-state index contributed by atoms with van der Waals surface area (Å²) in [5, 5.41) is 11.4. The topological polar surface area (TPSA) is 62.2 Å². The third-order valence-electron chi connectivity index (χ3n) is 4.62. The summed E-state index contributed by atoms with van der Waals surface area (Å²) in [7, 11) is 1.66. The van der Waals surface area contributed by atoms with E-state index in [2.05, 4.69) is 58.8 Å². The first-order valence-corrected chi connectivity index (χ1v) is 10.2. The highest BCUT2D eigenvalue weighted by molar-refractivity contribution is 7.99. The number of aromatic carboxylic acids is 1. The van der Waals surface area contributed by atoms with Crippen molar-refractivity contribution in [3.63, 3.8) is 0 Å². The summed E-state index contributed by atoms with van der Waals surface area (Å²) in [4.78, 5) is 17.0. The molecule has 28 heavy (non-hydrogen) atoms. The maximum atomic E-state index is 10.5. The molecule has 0 aliphatic heterocycles. The molecule has 0 radical (unpaired) electrons. The van der Waals surface area contributed by atoms with Crippen molar-refractivity contribution in [2.45, 2.75) is 35.5 Å². The maximum Gasteiger partial charge on any atom is 0.337 e. The Bertz CT molecular complexity index is 929. The van der Waals surface area contributed by atoms with Gasteiger partial charge in [-0.2, -0.15) is 0 Å². The fourth-order valence-electron chi connectivity index (χ4n) is 3.18. The Morgan fingerprint density at radius 1 is 1.00 bits per heavy atom. The summed E-state index contributed by atoms with van der Waals surface area (Å²) >= 11 is 1.86. The van der Waals surface area contributed by atoms with Crippen LogP contribution in [0, 0.1) is 0 Å². The first-order valence-electron chi connectivity index (χ1n) is 9.37.